The normalized spacial score (nSPS) is 10.2. The number of hydrogen-bond donors (Lipinski definition) is 1. The van der Waals surface area contributed by atoms with Crippen molar-refractivity contribution < 1.29 is 24.0 Å². The predicted molar refractivity (Wildman–Crippen MR) is 110 cm³/mol. The SMILES string of the molecule is COc1cccc(C(=O)COc2ccc(NC(=O)c3ccccc3[N+](=O)[O-])cc2)c1. The number of Topliss-reactive ketones (excluding diaryl/α,β-unsaturated/α-hetero) is 1. The van der Waals surface area contributed by atoms with Crippen molar-refractivity contribution in [3.63, 3.8) is 0 Å². The van der Waals surface area contributed by atoms with E-state index in [0.717, 1.165) is 0 Å². The van der Waals surface area contributed by atoms with Crippen LogP contribution in [0.1, 0.15) is 20.7 Å². The van der Waals surface area contributed by atoms with Crippen LogP contribution in [0.3, 0.4) is 0 Å². The molecule has 1 amide bonds. The van der Waals surface area contributed by atoms with Gasteiger partial charge in [-0.1, -0.05) is 24.3 Å². The number of carbonyl (C=O) groups is 2. The van der Waals surface area contributed by atoms with Crippen LogP contribution in [0.4, 0.5) is 11.4 Å². The van der Waals surface area contributed by atoms with Crippen molar-refractivity contribution >= 4 is 23.1 Å². The topological polar surface area (TPSA) is 108 Å². The van der Waals surface area contributed by atoms with Gasteiger partial charge in [0.1, 0.15) is 17.1 Å². The van der Waals surface area contributed by atoms with Gasteiger partial charge in [-0.15, -0.1) is 0 Å². The fourth-order valence-corrected chi connectivity index (χ4v) is 2.69. The van der Waals surface area contributed by atoms with Crippen molar-refractivity contribution in [2.45, 2.75) is 0 Å². The van der Waals surface area contributed by atoms with Crippen LogP contribution >= 0.6 is 0 Å². The molecule has 0 spiro atoms. The van der Waals surface area contributed by atoms with Crippen LogP contribution in [-0.4, -0.2) is 30.3 Å². The number of nitro benzene ring substituents is 1. The Kier molecular flexibility index (Phi) is 6.39. The van der Waals surface area contributed by atoms with Crippen molar-refractivity contribution in [1.29, 1.82) is 0 Å². The second-order valence-electron chi connectivity index (χ2n) is 6.20. The molecule has 0 unspecified atom stereocenters. The second kappa shape index (κ2) is 9.33. The number of amides is 1. The Morgan fingerprint density at radius 3 is 2.40 bits per heavy atom. The summed E-state index contributed by atoms with van der Waals surface area (Å²) in [7, 11) is 1.52. The summed E-state index contributed by atoms with van der Waals surface area (Å²) in [6.07, 6.45) is 0. The Morgan fingerprint density at radius 1 is 0.967 bits per heavy atom. The molecule has 8 heteroatoms. The minimum absolute atomic E-state index is 0.0355. The Bertz CT molecular complexity index is 1080. The van der Waals surface area contributed by atoms with Crippen LogP contribution in [0.2, 0.25) is 0 Å². The van der Waals surface area contributed by atoms with Gasteiger partial charge >= 0.3 is 0 Å². The molecule has 30 heavy (non-hydrogen) atoms. The number of nitro groups is 1. The molecule has 0 saturated heterocycles. The summed E-state index contributed by atoms with van der Waals surface area (Å²) in [5.74, 6) is 0.223. The first-order chi connectivity index (χ1) is 14.5. The number of para-hydroxylation sites is 1. The van der Waals surface area contributed by atoms with Gasteiger partial charge in [0.25, 0.3) is 11.6 Å². The van der Waals surface area contributed by atoms with E-state index >= 15 is 0 Å². The summed E-state index contributed by atoms with van der Waals surface area (Å²) in [6.45, 7) is -0.158. The molecule has 0 aromatic heterocycles. The van der Waals surface area contributed by atoms with E-state index in [1.807, 2.05) is 0 Å². The molecule has 0 aliphatic rings. The van der Waals surface area contributed by atoms with Crippen LogP contribution < -0.4 is 14.8 Å². The molecule has 0 aliphatic heterocycles. The maximum absolute atomic E-state index is 12.3. The lowest BCUT2D eigenvalue weighted by molar-refractivity contribution is -0.385. The Labute approximate surface area is 172 Å². The minimum Gasteiger partial charge on any atom is -0.497 e. The molecule has 152 valence electrons. The molecule has 3 rings (SSSR count). The van der Waals surface area contributed by atoms with Gasteiger partial charge in [0.2, 0.25) is 0 Å². The van der Waals surface area contributed by atoms with Gasteiger partial charge < -0.3 is 14.8 Å². The number of methoxy groups -OCH3 is 1. The first kappa shape index (κ1) is 20.5. The van der Waals surface area contributed by atoms with Gasteiger partial charge in [0, 0.05) is 17.3 Å². The second-order valence-corrected chi connectivity index (χ2v) is 6.20. The number of nitrogens with zero attached hydrogens (tertiary/aromatic N) is 1. The molecule has 0 atom stereocenters. The van der Waals surface area contributed by atoms with E-state index in [1.165, 1.54) is 25.3 Å². The van der Waals surface area contributed by atoms with E-state index in [1.54, 1.807) is 54.6 Å². The third kappa shape index (κ3) is 4.99. The fourth-order valence-electron chi connectivity index (χ4n) is 2.69. The summed E-state index contributed by atoms with van der Waals surface area (Å²) in [4.78, 5) is 35.1. The molecule has 3 aromatic rings. The van der Waals surface area contributed by atoms with Gasteiger partial charge in [-0.05, 0) is 42.5 Å². The monoisotopic (exact) mass is 406 g/mol. The zero-order valence-electron chi connectivity index (χ0n) is 16.0. The molecule has 3 aromatic carbocycles. The van der Waals surface area contributed by atoms with E-state index in [2.05, 4.69) is 5.32 Å². The van der Waals surface area contributed by atoms with Crippen molar-refractivity contribution in [3.8, 4) is 11.5 Å². The molecule has 0 saturated carbocycles. The first-order valence-corrected chi connectivity index (χ1v) is 8.93. The van der Waals surface area contributed by atoms with E-state index < -0.39 is 10.8 Å². The molecule has 1 N–H and O–H groups in total. The zero-order valence-corrected chi connectivity index (χ0v) is 16.0. The number of rotatable bonds is 8. The molecular formula is C22H18N2O6. The van der Waals surface area contributed by atoms with Gasteiger partial charge in [-0.25, -0.2) is 0 Å². The van der Waals surface area contributed by atoms with Crippen molar-refractivity contribution in [2.75, 3.05) is 19.0 Å². The summed E-state index contributed by atoms with van der Waals surface area (Å²) in [5, 5.41) is 13.7. The van der Waals surface area contributed by atoms with Crippen LogP contribution in [-0.2, 0) is 0 Å². The maximum atomic E-state index is 12.3. The lowest BCUT2D eigenvalue weighted by atomic mass is 10.1. The lowest BCUT2D eigenvalue weighted by Crippen LogP contribution is -2.14. The number of ether oxygens (including phenoxy) is 2. The van der Waals surface area contributed by atoms with E-state index in [9.17, 15) is 19.7 Å². The third-order valence-electron chi connectivity index (χ3n) is 4.22. The number of benzene rings is 3. The van der Waals surface area contributed by atoms with Crippen molar-refractivity contribution in [3.05, 3.63) is 94.0 Å². The average Bonchev–Trinajstić information content (AvgIpc) is 2.78. The third-order valence-corrected chi connectivity index (χ3v) is 4.22. The highest BCUT2D eigenvalue weighted by molar-refractivity contribution is 6.07. The largest absolute Gasteiger partial charge is 0.497 e. The van der Waals surface area contributed by atoms with Gasteiger partial charge in [-0.3, -0.25) is 19.7 Å². The van der Waals surface area contributed by atoms with Crippen LogP contribution in [0, 0.1) is 10.1 Å². The Hall–Kier alpha value is -4.20. The highest BCUT2D eigenvalue weighted by atomic mass is 16.6. The standard InChI is InChI=1S/C22H18N2O6/c1-29-18-6-4-5-15(13-18)21(25)14-30-17-11-9-16(10-12-17)23-22(26)19-7-2-3-8-20(19)24(27)28/h2-13H,14H2,1H3,(H,23,26). The number of carbonyl (C=O) groups excluding carboxylic acids is 2. The van der Waals surface area contributed by atoms with E-state index in [-0.39, 0.29) is 23.6 Å². The van der Waals surface area contributed by atoms with Crippen LogP contribution in [0.5, 0.6) is 11.5 Å². The molecule has 0 radical (unpaired) electrons. The maximum Gasteiger partial charge on any atom is 0.282 e. The highest BCUT2D eigenvalue weighted by Crippen LogP contribution is 2.21. The smallest absolute Gasteiger partial charge is 0.282 e. The lowest BCUT2D eigenvalue weighted by Gasteiger charge is -2.09. The van der Waals surface area contributed by atoms with Gasteiger partial charge in [0.15, 0.2) is 12.4 Å². The first-order valence-electron chi connectivity index (χ1n) is 8.93. The molecular weight excluding hydrogens is 388 g/mol. The molecule has 0 aliphatic carbocycles. The molecule has 8 nitrogen and oxygen atoms in total. The summed E-state index contributed by atoms with van der Waals surface area (Å²) in [5.41, 5.74) is 0.602. The van der Waals surface area contributed by atoms with Crippen LogP contribution in [0.25, 0.3) is 0 Å². The van der Waals surface area contributed by atoms with Crippen molar-refractivity contribution in [1.82, 2.24) is 0 Å². The number of hydrogen-bond acceptors (Lipinski definition) is 6. The summed E-state index contributed by atoms with van der Waals surface area (Å²) in [6, 6.07) is 18.8. The number of ketones is 1. The molecule has 0 bridgehead atoms. The van der Waals surface area contributed by atoms with Gasteiger partial charge in [-0.2, -0.15) is 0 Å². The minimum atomic E-state index is -0.606. The van der Waals surface area contributed by atoms with Crippen molar-refractivity contribution in [2.24, 2.45) is 0 Å². The molecule has 0 fully saturated rings. The summed E-state index contributed by atoms with van der Waals surface area (Å²) < 4.78 is 10.6. The predicted octanol–water partition coefficient (Wildman–Crippen LogP) is 4.12. The van der Waals surface area contributed by atoms with E-state index in [4.69, 9.17) is 9.47 Å². The Morgan fingerprint density at radius 2 is 1.70 bits per heavy atom. The summed E-state index contributed by atoms with van der Waals surface area (Å²) >= 11 is 0. The van der Waals surface area contributed by atoms with E-state index in [0.29, 0.717) is 22.7 Å². The van der Waals surface area contributed by atoms with Crippen LogP contribution in [0.15, 0.2) is 72.8 Å². The number of anilines is 1. The number of nitrogens with one attached hydrogen (secondary N) is 1. The quantitative estimate of drug-likeness (QED) is 0.343. The van der Waals surface area contributed by atoms with Gasteiger partial charge in [0.05, 0.1) is 12.0 Å². The average molecular weight is 406 g/mol. The zero-order chi connectivity index (χ0) is 21.5. The molecule has 0 heterocycles. The highest BCUT2D eigenvalue weighted by Gasteiger charge is 2.19. The Balaban J connectivity index is 1.60. The fraction of sp³-hybridized carbons (Fsp3) is 0.0909.